The molecule has 0 aliphatic heterocycles. The van der Waals surface area contributed by atoms with Gasteiger partial charge in [0.05, 0.1) is 0 Å². The van der Waals surface area contributed by atoms with Crippen molar-refractivity contribution in [3.05, 3.63) is 71.1 Å². The second-order valence-corrected chi connectivity index (χ2v) is 5.37. The van der Waals surface area contributed by atoms with Crippen molar-refractivity contribution in [2.75, 3.05) is 0 Å². The third kappa shape index (κ3) is 4.33. The molecule has 0 bridgehead atoms. The van der Waals surface area contributed by atoms with Crippen LogP contribution in [0, 0.1) is 0 Å². The van der Waals surface area contributed by atoms with Crippen molar-refractivity contribution in [3.8, 4) is 11.4 Å². The smallest absolute Gasteiger partial charge is 0.407 e. The highest BCUT2D eigenvalue weighted by atomic mass is 35.5. The van der Waals surface area contributed by atoms with Crippen molar-refractivity contribution in [1.82, 2.24) is 15.5 Å². The Morgan fingerprint density at radius 2 is 1.88 bits per heavy atom. The molecule has 1 N–H and O–H groups in total. The third-order valence-electron chi connectivity index (χ3n) is 3.17. The molecule has 0 aliphatic rings. The predicted octanol–water partition coefficient (Wildman–Crippen LogP) is 3.82. The van der Waals surface area contributed by atoms with Gasteiger partial charge in [-0.25, -0.2) is 4.79 Å². The van der Waals surface area contributed by atoms with E-state index in [0.717, 1.165) is 11.1 Å². The molecule has 3 aromatic rings. The quantitative estimate of drug-likeness (QED) is 0.762. The number of halogens is 1. The van der Waals surface area contributed by atoms with E-state index in [0.29, 0.717) is 10.8 Å². The van der Waals surface area contributed by atoms with Crippen LogP contribution in [-0.4, -0.2) is 16.2 Å². The first-order valence-electron chi connectivity index (χ1n) is 7.24. The van der Waals surface area contributed by atoms with Gasteiger partial charge in [-0.2, -0.15) is 4.98 Å². The normalized spacial score (nSPS) is 10.4. The van der Waals surface area contributed by atoms with Crippen LogP contribution in [0.1, 0.15) is 11.5 Å². The molecule has 0 atom stereocenters. The monoisotopic (exact) mass is 343 g/mol. The van der Waals surface area contributed by atoms with Crippen molar-refractivity contribution < 1.29 is 14.1 Å². The van der Waals surface area contributed by atoms with E-state index < -0.39 is 6.09 Å². The summed E-state index contributed by atoms with van der Waals surface area (Å²) in [7, 11) is 0. The van der Waals surface area contributed by atoms with Gasteiger partial charge in [-0.05, 0) is 29.8 Å². The molecule has 3 rings (SSSR count). The molecule has 0 fully saturated rings. The van der Waals surface area contributed by atoms with Gasteiger partial charge >= 0.3 is 6.09 Å². The molecule has 2 aromatic carbocycles. The summed E-state index contributed by atoms with van der Waals surface area (Å²) in [6, 6.07) is 16.5. The summed E-state index contributed by atoms with van der Waals surface area (Å²) >= 11 is 5.84. The van der Waals surface area contributed by atoms with Crippen molar-refractivity contribution >= 4 is 17.7 Å². The molecular formula is C17H14ClN3O3. The fourth-order valence-electron chi connectivity index (χ4n) is 1.96. The highest BCUT2D eigenvalue weighted by molar-refractivity contribution is 6.30. The Labute approximate surface area is 143 Å². The Morgan fingerprint density at radius 1 is 1.12 bits per heavy atom. The van der Waals surface area contributed by atoms with Gasteiger partial charge in [-0.1, -0.05) is 47.1 Å². The van der Waals surface area contributed by atoms with E-state index in [2.05, 4.69) is 15.5 Å². The Balaban J connectivity index is 1.50. The maximum atomic E-state index is 11.7. The second kappa shape index (κ2) is 7.61. The fourth-order valence-corrected chi connectivity index (χ4v) is 2.09. The van der Waals surface area contributed by atoms with E-state index in [1.165, 1.54) is 0 Å². The lowest BCUT2D eigenvalue weighted by molar-refractivity contribution is 0.138. The number of ether oxygens (including phenoxy) is 1. The number of hydrogen-bond acceptors (Lipinski definition) is 5. The standard InChI is InChI=1S/C17H14ClN3O3/c18-14-8-6-13(7-9-14)16-20-15(24-21-16)10-19-17(22)23-11-12-4-2-1-3-5-12/h1-9H,10-11H2,(H,19,22). The van der Waals surface area contributed by atoms with Crippen molar-refractivity contribution in [3.63, 3.8) is 0 Å². The number of carbonyl (C=O) groups is 1. The molecule has 0 radical (unpaired) electrons. The maximum Gasteiger partial charge on any atom is 0.407 e. The molecule has 6 nitrogen and oxygen atoms in total. The minimum absolute atomic E-state index is 0.0915. The summed E-state index contributed by atoms with van der Waals surface area (Å²) < 4.78 is 10.2. The first-order chi connectivity index (χ1) is 11.7. The predicted molar refractivity (Wildman–Crippen MR) is 88.2 cm³/mol. The molecule has 0 spiro atoms. The van der Waals surface area contributed by atoms with Gasteiger partial charge in [-0.15, -0.1) is 0 Å². The number of aromatic nitrogens is 2. The van der Waals surface area contributed by atoms with Crippen LogP contribution >= 0.6 is 11.6 Å². The van der Waals surface area contributed by atoms with Gasteiger partial charge in [0.25, 0.3) is 0 Å². The summed E-state index contributed by atoms with van der Waals surface area (Å²) in [5.74, 6) is 0.720. The van der Waals surface area contributed by atoms with Gasteiger partial charge < -0.3 is 14.6 Å². The summed E-state index contributed by atoms with van der Waals surface area (Å²) in [5.41, 5.74) is 1.69. The Hall–Kier alpha value is -2.86. The lowest BCUT2D eigenvalue weighted by Crippen LogP contribution is -2.23. The van der Waals surface area contributed by atoms with Gasteiger partial charge in [0, 0.05) is 10.6 Å². The molecule has 1 aromatic heterocycles. The molecule has 0 saturated carbocycles. The largest absolute Gasteiger partial charge is 0.445 e. The molecule has 0 saturated heterocycles. The number of nitrogens with zero attached hydrogens (tertiary/aromatic N) is 2. The number of carbonyl (C=O) groups excluding carboxylic acids is 1. The van der Waals surface area contributed by atoms with Gasteiger partial charge in [-0.3, -0.25) is 0 Å². The molecule has 1 heterocycles. The number of benzene rings is 2. The Morgan fingerprint density at radius 3 is 2.62 bits per heavy atom. The van der Waals surface area contributed by atoms with Gasteiger partial charge in [0.2, 0.25) is 11.7 Å². The fraction of sp³-hybridized carbons (Fsp3) is 0.118. The third-order valence-corrected chi connectivity index (χ3v) is 3.42. The number of hydrogen-bond donors (Lipinski definition) is 1. The lowest BCUT2D eigenvalue weighted by Gasteiger charge is -2.05. The lowest BCUT2D eigenvalue weighted by atomic mass is 10.2. The first-order valence-corrected chi connectivity index (χ1v) is 7.61. The van der Waals surface area contributed by atoms with E-state index in [1.54, 1.807) is 24.3 Å². The maximum absolute atomic E-state index is 11.7. The topological polar surface area (TPSA) is 77.3 Å². The molecule has 24 heavy (non-hydrogen) atoms. The summed E-state index contributed by atoms with van der Waals surface area (Å²) in [4.78, 5) is 15.9. The summed E-state index contributed by atoms with van der Waals surface area (Å²) in [6.07, 6.45) is -0.551. The van der Waals surface area contributed by atoms with Crippen LogP contribution in [0.4, 0.5) is 4.79 Å². The average Bonchev–Trinajstić information content (AvgIpc) is 3.09. The molecular weight excluding hydrogens is 330 g/mol. The van der Waals surface area contributed by atoms with Gasteiger partial charge in [0.15, 0.2) is 0 Å². The van der Waals surface area contributed by atoms with Crippen LogP contribution in [0.3, 0.4) is 0 Å². The summed E-state index contributed by atoms with van der Waals surface area (Å²) in [6.45, 7) is 0.292. The van der Waals surface area contributed by atoms with Crippen LogP contribution in [0.5, 0.6) is 0 Å². The molecule has 122 valence electrons. The first kappa shape index (κ1) is 16.0. The summed E-state index contributed by atoms with van der Waals surface area (Å²) in [5, 5.41) is 7.06. The SMILES string of the molecule is O=C(NCc1nc(-c2ccc(Cl)cc2)no1)OCc1ccccc1. The van der Waals surface area contributed by atoms with Gasteiger partial charge in [0.1, 0.15) is 13.2 Å². The number of nitrogens with one attached hydrogen (secondary N) is 1. The van der Waals surface area contributed by atoms with E-state index in [1.807, 2.05) is 30.3 Å². The highest BCUT2D eigenvalue weighted by Gasteiger charge is 2.10. The average molecular weight is 344 g/mol. The van der Waals surface area contributed by atoms with E-state index in [4.69, 9.17) is 20.9 Å². The number of rotatable bonds is 5. The zero-order valence-corrected chi connectivity index (χ0v) is 13.4. The molecule has 0 unspecified atom stereocenters. The minimum atomic E-state index is -0.551. The van der Waals surface area contributed by atoms with E-state index in [9.17, 15) is 4.79 Å². The van der Waals surface area contributed by atoms with E-state index in [-0.39, 0.29) is 19.0 Å². The van der Waals surface area contributed by atoms with Crippen LogP contribution in [0.2, 0.25) is 5.02 Å². The van der Waals surface area contributed by atoms with Crippen molar-refractivity contribution in [2.45, 2.75) is 13.2 Å². The minimum Gasteiger partial charge on any atom is -0.445 e. The Bertz CT molecular complexity index is 803. The Kier molecular flexibility index (Phi) is 5.08. The van der Waals surface area contributed by atoms with Crippen LogP contribution in [0.25, 0.3) is 11.4 Å². The molecule has 1 amide bonds. The van der Waals surface area contributed by atoms with Crippen molar-refractivity contribution in [1.29, 1.82) is 0 Å². The van der Waals surface area contributed by atoms with Crippen LogP contribution < -0.4 is 5.32 Å². The second-order valence-electron chi connectivity index (χ2n) is 4.93. The number of alkyl carbamates (subject to hydrolysis) is 1. The van der Waals surface area contributed by atoms with Crippen LogP contribution in [0.15, 0.2) is 59.1 Å². The van der Waals surface area contributed by atoms with E-state index >= 15 is 0 Å². The molecule has 7 heteroatoms. The van der Waals surface area contributed by atoms with Crippen molar-refractivity contribution in [2.24, 2.45) is 0 Å². The highest BCUT2D eigenvalue weighted by Crippen LogP contribution is 2.18. The zero-order chi connectivity index (χ0) is 16.8. The number of amides is 1. The van der Waals surface area contributed by atoms with Crippen LogP contribution in [-0.2, 0) is 17.9 Å². The molecule has 0 aliphatic carbocycles. The zero-order valence-electron chi connectivity index (χ0n) is 12.6.